The van der Waals surface area contributed by atoms with Gasteiger partial charge in [-0.2, -0.15) is 0 Å². The highest BCUT2D eigenvalue weighted by Gasteiger charge is 2.22. The summed E-state index contributed by atoms with van der Waals surface area (Å²) >= 11 is 1.62. The number of rotatable bonds is 10. The van der Waals surface area contributed by atoms with Crippen LogP contribution < -0.4 is 15.4 Å². The van der Waals surface area contributed by atoms with Crippen molar-refractivity contribution in [2.24, 2.45) is 0 Å². The third-order valence-corrected chi connectivity index (χ3v) is 5.53. The second-order valence-electron chi connectivity index (χ2n) is 6.78. The zero-order valence-corrected chi connectivity index (χ0v) is 18.4. The Morgan fingerprint density at radius 1 is 1.10 bits per heavy atom. The molecule has 2 aromatic carbocycles. The summed E-state index contributed by atoms with van der Waals surface area (Å²) in [5.74, 6) is 0.620. The SMILES string of the molecule is COc1cccc(CNC[C@@H](O)[C@H](Cc2cccs2)NC(=O)c2ccccc2)c1.Cl. The first-order valence-corrected chi connectivity index (χ1v) is 10.4. The van der Waals surface area contributed by atoms with E-state index in [4.69, 9.17) is 4.74 Å². The van der Waals surface area contributed by atoms with Gasteiger partial charge in [0.1, 0.15) is 5.75 Å². The number of amides is 1. The molecule has 0 fully saturated rings. The lowest BCUT2D eigenvalue weighted by Gasteiger charge is -2.24. The highest BCUT2D eigenvalue weighted by atomic mass is 35.5. The lowest BCUT2D eigenvalue weighted by molar-refractivity contribution is 0.0831. The van der Waals surface area contributed by atoms with Crippen molar-refractivity contribution < 1.29 is 14.6 Å². The zero-order chi connectivity index (χ0) is 20.5. The highest BCUT2D eigenvalue weighted by Crippen LogP contribution is 2.15. The van der Waals surface area contributed by atoms with Crippen molar-refractivity contribution in [1.82, 2.24) is 10.6 Å². The van der Waals surface area contributed by atoms with Crippen LogP contribution in [0.3, 0.4) is 0 Å². The maximum absolute atomic E-state index is 12.6. The molecule has 1 amide bonds. The van der Waals surface area contributed by atoms with Gasteiger partial charge < -0.3 is 20.5 Å². The van der Waals surface area contributed by atoms with Gasteiger partial charge in [0, 0.05) is 30.0 Å². The smallest absolute Gasteiger partial charge is 0.251 e. The third-order valence-electron chi connectivity index (χ3n) is 4.63. The number of carbonyl (C=O) groups is 1. The van der Waals surface area contributed by atoms with Crippen LogP contribution in [0, 0.1) is 0 Å². The molecule has 0 aliphatic rings. The molecule has 0 saturated heterocycles. The van der Waals surface area contributed by atoms with Crippen molar-refractivity contribution in [3.8, 4) is 5.75 Å². The molecule has 0 radical (unpaired) electrons. The van der Waals surface area contributed by atoms with Crippen molar-refractivity contribution in [3.63, 3.8) is 0 Å². The standard InChI is InChI=1S/C23H26N2O3S.ClH/c1-28-19-10-5-7-17(13-19)15-24-16-22(26)21(14-20-11-6-12-29-20)25-23(27)18-8-3-2-4-9-18;/h2-13,21-22,24,26H,14-16H2,1H3,(H,25,27);1H/t21-,22+;/m0./s1. The van der Waals surface area contributed by atoms with E-state index in [0.29, 0.717) is 25.1 Å². The van der Waals surface area contributed by atoms with Crippen LogP contribution in [0.15, 0.2) is 72.1 Å². The maximum atomic E-state index is 12.6. The van der Waals surface area contributed by atoms with Gasteiger partial charge in [0.15, 0.2) is 0 Å². The number of aliphatic hydroxyl groups excluding tert-OH is 1. The second-order valence-corrected chi connectivity index (χ2v) is 7.81. The molecule has 7 heteroatoms. The molecule has 5 nitrogen and oxygen atoms in total. The third kappa shape index (κ3) is 7.15. The summed E-state index contributed by atoms with van der Waals surface area (Å²) in [7, 11) is 1.64. The van der Waals surface area contributed by atoms with E-state index in [-0.39, 0.29) is 24.4 Å². The first-order chi connectivity index (χ1) is 14.2. The molecule has 0 saturated carbocycles. The van der Waals surface area contributed by atoms with E-state index in [1.54, 1.807) is 30.6 Å². The molecule has 1 aromatic heterocycles. The summed E-state index contributed by atoms with van der Waals surface area (Å²) in [6.07, 6.45) is -0.145. The Bertz CT molecular complexity index is 890. The molecule has 30 heavy (non-hydrogen) atoms. The van der Waals surface area contributed by atoms with Crippen LogP contribution >= 0.6 is 23.7 Å². The Labute approximate surface area is 187 Å². The quantitative estimate of drug-likeness (QED) is 0.444. The second kappa shape index (κ2) is 12.3. The van der Waals surface area contributed by atoms with E-state index in [9.17, 15) is 9.90 Å². The van der Waals surface area contributed by atoms with E-state index in [1.807, 2.05) is 60.0 Å². The molecule has 0 unspecified atom stereocenters. The zero-order valence-electron chi connectivity index (χ0n) is 16.8. The van der Waals surface area contributed by atoms with Gasteiger partial charge >= 0.3 is 0 Å². The van der Waals surface area contributed by atoms with E-state index in [0.717, 1.165) is 16.2 Å². The minimum absolute atomic E-state index is 0. The lowest BCUT2D eigenvalue weighted by atomic mass is 10.0. The van der Waals surface area contributed by atoms with Gasteiger partial charge in [-0.3, -0.25) is 4.79 Å². The summed E-state index contributed by atoms with van der Waals surface area (Å²) in [5.41, 5.74) is 1.65. The van der Waals surface area contributed by atoms with E-state index in [2.05, 4.69) is 10.6 Å². The molecular weight excluding hydrogens is 420 g/mol. The van der Waals surface area contributed by atoms with E-state index in [1.165, 1.54) is 0 Å². The predicted molar refractivity (Wildman–Crippen MR) is 124 cm³/mol. The number of aliphatic hydroxyl groups is 1. The van der Waals surface area contributed by atoms with Gasteiger partial charge in [0.05, 0.1) is 19.3 Å². The number of hydrogen-bond donors (Lipinski definition) is 3. The van der Waals surface area contributed by atoms with Crippen LogP contribution in [-0.2, 0) is 13.0 Å². The molecule has 0 aliphatic carbocycles. The molecule has 2 atom stereocenters. The van der Waals surface area contributed by atoms with Crippen LogP contribution in [0.25, 0.3) is 0 Å². The number of hydrogen-bond acceptors (Lipinski definition) is 5. The molecule has 0 spiro atoms. The highest BCUT2D eigenvalue weighted by molar-refractivity contribution is 7.09. The maximum Gasteiger partial charge on any atom is 0.251 e. The van der Waals surface area contributed by atoms with Gasteiger partial charge in [-0.1, -0.05) is 36.4 Å². The summed E-state index contributed by atoms with van der Waals surface area (Å²) in [6, 6.07) is 20.5. The molecular formula is C23H27ClN2O3S. The minimum atomic E-state index is -0.727. The summed E-state index contributed by atoms with van der Waals surface area (Å²) in [4.78, 5) is 13.7. The minimum Gasteiger partial charge on any atom is -0.497 e. The Morgan fingerprint density at radius 2 is 1.90 bits per heavy atom. The van der Waals surface area contributed by atoms with Gasteiger partial charge in [0.25, 0.3) is 5.91 Å². The van der Waals surface area contributed by atoms with E-state index < -0.39 is 6.10 Å². The number of halogens is 1. The van der Waals surface area contributed by atoms with Crippen molar-refractivity contribution in [2.75, 3.05) is 13.7 Å². The largest absolute Gasteiger partial charge is 0.497 e. The number of thiophene rings is 1. The van der Waals surface area contributed by atoms with Crippen LogP contribution in [0.2, 0.25) is 0 Å². The molecule has 0 aliphatic heterocycles. The molecule has 0 bridgehead atoms. The molecule has 160 valence electrons. The van der Waals surface area contributed by atoms with Gasteiger partial charge in [-0.25, -0.2) is 0 Å². The number of methoxy groups -OCH3 is 1. The van der Waals surface area contributed by atoms with Crippen molar-refractivity contribution in [3.05, 3.63) is 88.1 Å². The fraction of sp³-hybridized carbons (Fsp3) is 0.261. The van der Waals surface area contributed by atoms with Crippen LogP contribution in [0.1, 0.15) is 20.8 Å². The van der Waals surface area contributed by atoms with Crippen LogP contribution in [0.5, 0.6) is 5.75 Å². The fourth-order valence-corrected chi connectivity index (χ4v) is 3.82. The van der Waals surface area contributed by atoms with Crippen molar-refractivity contribution in [2.45, 2.75) is 25.1 Å². The number of ether oxygens (including phenoxy) is 1. The van der Waals surface area contributed by atoms with Gasteiger partial charge in [-0.15, -0.1) is 23.7 Å². The normalized spacial score (nSPS) is 12.5. The molecule has 3 aromatic rings. The number of carbonyl (C=O) groups excluding carboxylic acids is 1. The van der Waals surface area contributed by atoms with Crippen molar-refractivity contribution in [1.29, 1.82) is 0 Å². The monoisotopic (exact) mass is 446 g/mol. The van der Waals surface area contributed by atoms with Gasteiger partial charge in [-0.05, 0) is 41.3 Å². The molecule has 1 heterocycles. The fourth-order valence-electron chi connectivity index (χ4n) is 3.06. The Morgan fingerprint density at radius 3 is 2.60 bits per heavy atom. The van der Waals surface area contributed by atoms with E-state index >= 15 is 0 Å². The van der Waals surface area contributed by atoms with Crippen LogP contribution in [0.4, 0.5) is 0 Å². The summed E-state index contributed by atoms with van der Waals surface area (Å²) in [6.45, 7) is 0.967. The topological polar surface area (TPSA) is 70.6 Å². The average molecular weight is 447 g/mol. The Hall–Kier alpha value is -2.38. The first kappa shape index (κ1) is 23.9. The summed E-state index contributed by atoms with van der Waals surface area (Å²) in [5, 5.41) is 19.1. The molecule has 3 rings (SSSR count). The Balaban J connectivity index is 0.00000320. The first-order valence-electron chi connectivity index (χ1n) is 9.55. The predicted octanol–water partition coefficient (Wildman–Crippen LogP) is 3.67. The van der Waals surface area contributed by atoms with Gasteiger partial charge in [0.2, 0.25) is 0 Å². The number of benzene rings is 2. The average Bonchev–Trinajstić information content (AvgIpc) is 3.27. The number of nitrogens with one attached hydrogen (secondary N) is 2. The van der Waals surface area contributed by atoms with Crippen molar-refractivity contribution >= 4 is 29.7 Å². The molecule has 3 N–H and O–H groups in total. The lowest BCUT2D eigenvalue weighted by Crippen LogP contribution is -2.48. The summed E-state index contributed by atoms with van der Waals surface area (Å²) < 4.78 is 5.24. The van der Waals surface area contributed by atoms with Crippen LogP contribution in [-0.4, -0.2) is 36.8 Å². The Kier molecular flexibility index (Phi) is 9.83.